The highest BCUT2D eigenvalue weighted by molar-refractivity contribution is 8.00. The van der Waals surface area contributed by atoms with Gasteiger partial charge in [0.2, 0.25) is 5.91 Å². The number of fused-ring (bicyclic) bond motifs is 1. The Bertz CT molecular complexity index is 948. The van der Waals surface area contributed by atoms with Crippen molar-refractivity contribution in [3.05, 3.63) is 40.8 Å². The molecule has 24 heavy (non-hydrogen) atoms. The minimum atomic E-state index is -0.511. The van der Waals surface area contributed by atoms with Crippen LogP contribution in [0, 0.1) is 0 Å². The zero-order chi connectivity index (χ0) is 17.3. The van der Waals surface area contributed by atoms with Gasteiger partial charge in [-0.2, -0.15) is 5.10 Å². The number of carbonyl (C=O) groups excluding carboxylic acids is 1. The van der Waals surface area contributed by atoms with Gasteiger partial charge in [0.1, 0.15) is 11.1 Å². The zero-order valence-corrected chi connectivity index (χ0v) is 13.8. The Morgan fingerprint density at radius 1 is 1.38 bits per heavy atom. The molecule has 1 aromatic carbocycles. The van der Waals surface area contributed by atoms with Gasteiger partial charge < -0.3 is 15.5 Å². The number of rotatable bonds is 5. The first kappa shape index (κ1) is 16.1. The standard InChI is InChI=1S/C15H15N5O3S/c1-8(12(16)21)24-15-18-13-11(14(22)19-15)7-17-20(13)9-3-5-10(23-2)6-4-9/h3-8H,1-2H3,(H2,16,21)(H,18,19,22). The van der Waals surface area contributed by atoms with E-state index < -0.39 is 11.2 Å². The minimum Gasteiger partial charge on any atom is -0.497 e. The first-order valence-corrected chi connectivity index (χ1v) is 7.96. The summed E-state index contributed by atoms with van der Waals surface area (Å²) in [5, 5.41) is 4.40. The number of methoxy groups -OCH3 is 1. The van der Waals surface area contributed by atoms with Crippen molar-refractivity contribution in [1.29, 1.82) is 0 Å². The second-order valence-corrected chi connectivity index (χ2v) is 6.35. The van der Waals surface area contributed by atoms with Crippen LogP contribution in [0.2, 0.25) is 0 Å². The molecule has 0 spiro atoms. The number of hydrogen-bond donors (Lipinski definition) is 2. The van der Waals surface area contributed by atoms with Gasteiger partial charge in [0, 0.05) is 0 Å². The Labute approximate surface area is 141 Å². The molecule has 9 heteroatoms. The van der Waals surface area contributed by atoms with E-state index in [0.29, 0.717) is 21.9 Å². The van der Waals surface area contributed by atoms with Gasteiger partial charge in [-0.25, -0.2) is 9.67 Å². The summed E-state index contributed by atoms with van der Waals surface area (Å²) in [6.07, 6.45) is 1.46. The number of ether oxygens (including phenoxy) is 1. The molecule has 0 aliphatic rings. The van der Waals surface area contributed by atoms with Crippen molar-refractivity contribution < 1.29 is 9.53 Å². The molecule has 0 fully saturated rings. The molecule has 1 atom stereocenters. The lowest BCUT2D eigenvalue weighted by molar-refractivity contribution is -0.117. The monoisotopic (exact) mass is 345 g/mol. The van der Waals surface area contributed by atoms with Gasteiger partial charge in [-0.05, 0) is 31.2 Å². The van der Waals surface area contributed by atoms with Crippen LogP contribution in [0.3, 0.4) is 0 Å². The minimum absolute atomic E-state index is 0.314. The molecule has 0 radical (unpaired) electrons. The van der Waals surface area contributed by atoms with Gasteiger partial charge in [0.15, 0.2) is 10.8 Å². The van der Waals surface area contributed by atoms with Gasteiger partial charge in [0.25, 0.3) is 5.56 Å². The number of nitrogens with zero attached hydrogens (tertiary/aromatic N) is 3. The molecule has 2 aromatic heterocycles. The predicted molar refractivity (Wildman–Crippen MR) is 90.6 cm³/mol. The van der Waals surface area contributed by atoms with E-state index in [1.54, 1.807) is 30.8 Å². The van der Waals surface area contributed by atoms with Crippen LogP contribution in [-0.4, -0.2) is 38.0 Å². The van der Waals surface area contributed by atoms with E-state index in [0.717, 1.165) is 17.4 Å². The van der Waals surface area contributed by atoms with Crippen LogP contribution in [0.5, 0.6) is 5.75 Å². The van der Waals surface area contributed by atoms with Crippen molar-refractivity contribution in [3.63, 3.8) is 0 Å². The molecular weight excluding hydrogens is 330 g/mol. The molecule has 0 saturated heterocycles. The summed E-state index contributed by atoms with van der Waals surface area (Å²) in [4.78, 5) is 30.4. The molecule has 0 aliphatic heterocycles. The molecule has 0 saturated carbocycles. The lowest BCUT2D eigenvalue weighted by Crippen LogP contribution is -2.23. The molecule has 124 valence electrons. The van der Waals surface area contributed by atoms with E-state index in [1.807, 2.05) is 12.1 Å². The number of aromatic nitrogens is 4. The van der Waals surface area contributed by atoms with Crippen LogP contribution < -0.4 is 16.0 Å². The summed E-state index contributed by atoms with van der Waals surface area (Å²) in [7, 11) is 1.59. The molecule has 8 nitrogen and oxygen atoms in total. The first-order chi connectivity index (χ1) is 11.5. The van der Waals surface area contributed by atoms with E-state index in [9.17, 15) is 9.59 Å². The first-order valence-electron chi connectivity index (χ1n) is 7.08. The van der Waals surface area contributed by atoms with E-state index in [4.69, 9.17) is 10.5 Å². The van der Waals surface area contributed by atoms with Gasteiger partial charge in [-0.1, -0.05) is 11.8 Å². The van der Waals surface area contributed by atoms with Crippen molar-refractivity contribution in [2.75, 3.05) is 7.11 Å². The smallest absolute Gasteiger partial charge is 0.262 e. The van der Waals surface area contributed by atoms with E-state index in [1.165, 1.54) is 6.20 Å². The van der Waals surface area contributed by atoms with Crippen LogP contribution in [0.15, 0.2) is 40.4 Å². The Morgan fingerprint density at radius 2 is 2.08 bits per heavy atom. The largest absolute Gasteiger partial charge is 0.497 e. The Morgan fingerprint density at radius 3 is 2.71 bits per heavy atom. The fourth-order valence-corrected chi connectivity index (χ4v) is 2.83. The number of nitrogens with one attached hydrogen (secondary N) is 1. The lowest BCUT2D eigenvalue weighted by Gasteiger charge is -2.07. The number of primary amides is 1. The maximum atomic E-state index is 12.2. The summed E-state index contributed by atoms with van der Waals surface area (Å²) in [6, 6.07) is 7.21. The molecular formula is C15H15N5O3S. The van der Waals surface area contributed by atoms with Gasteiger partial charge >= 0.3 is 0 Å². The van der Waals surface area contributed by atoms with Crippen LogP contribution in [0.4, 0.5) is 0 Å². The molecule has 3 N–H and O–H groups in total. The Balaban J connectivity index is 2.07. The SMILES string of the molecule is COc1ccc(-n2ncc3c(=O)[nH]c(SC(C)C(N)=O)nc32)cc1. The molecule has 3 rings (SSSR count). The number of thioether (sulfide) groups is 1. The number of hydrogen-bond acceptors (Lipinski definition) is 6. The summed E-state index contributed by atoms with van der Waals surface area (Å²) in [5.74, 6) is 0.235. The molecule has 0 aliphatic carbocycles. The van der Waals surface area contributed by atoms with E-state index in [2.05, 4.69) is 15.1 Å². The number of amides is 1. The van der Waals surface area contributed by atoms with Crippen molar-refractivity contribution in [2.24, 2.45) is 5.73 Å². The van der Waals surface area contributed by atoms with Crippen molar-refractivity contribution >= 4 is 28.7 Å². The summed E-state index contributed by atoms with van der Waals surface area (Å²) < 4.78 is 6.69. The molecule has 0 bridgehead atoms. The highest BCUT2D eigenvalue weighted by atomic mass is 32.2. The predicted octanol–water partition coefficient (Wildman–Crippen LogP) is 1.08. The average molecular weight is 345 g/mol. The molecule has 1 amide bonds. The number of aromatic amines is 1. The van der Waals surface area contributed by atoms with Crippen LogP contribution in [0.25, 0.3) is 16.7 Å². The molecule has 3 aromatic rings. The summed E-state index contributed by atoms with van der Waals surface area (Å²) >= 11 is 1.09. The fourth-order valence-electron chi connectivity index (χ4n) is 2.09. The second kappa shape index (κ2) is 6.36. The number of H-pyrrole nitrogens is 1. The Kier molecular flexibility index (Phi) is 4.26. The number of carbonyl (C=O) groups is 1. The van der Waals surface area contributed by atoms with Crippen molar-refractivity contribution in [2.45, 2.75) is 17.3 Å². The topological polar surface area (TPSA) is 116 Å². The maximum absolute atomic E-state index is 12.2. The Hall–Kier alpha value is -2.81. The van der Waals surface area contributed by atoms with Gasteiger partial charge in [0.05, 0.1) is 24.2 Å². The third-order valence-electron chi connectivity index (χ3n) is 3.42. The second-order valence-electron chi connectivity index (χ2n) is 5.03. The number of nitrogens with two attached hydrogens (primary N) is 1. The van der Waals surface area contributed by atoms with Crippen molar-refractivity contribution in [1.82, 2.24) is 19.7 Å². The van der Waals surface area contributed by atoms with E-state index in [-0.39, 0.29) is 5.56 Å². The van der Waals surface area contributed by atoms with Crippen molar-refractivity contribution in [3.8, 4) is 11.4 Å². The van der Waals surface area contributed by atoms with Gasteiger partial charge in [-0.3, -0.25) is 9.59 Å². The summed E-state index contributed by atoms with van der Waals surface area (Å²) in [6.45, 7) is 1.65. The maximum Gasteiger partial charge on any atom is 0.262 e. The molecule has 1 unspecified atom stereocenters. The average Bonchev–Trinajstić information content (AvgIpc) is 2.99. The quantitative estimate of drug-likeness (QED) is 0.528. The molecule has 2 heterocycles. The third kappa shape index (κ3) is 2.98. The summed E-state index contributed by atoms with van der Waals surface area (Å²) in [5.41, 5.74) is 6.08. The highest BCUT2D eigenvalue weighted by Crippen LogP contribution is 2.22. The zero-order valence-electron chi connectivity index (χ0n) is 13.0. The lowest BCUT2D eigenvalue weighted by atomic mass is 10.3. The van der Waals surface area contributed by atoms with E-state index >= 15 is 0 Å². The normalized spacial score (nSPS) is 12.2. The fraction of sp³-hybridized carbons (Fsp3) is 0.200. The third-order valence-corrected chi connectivity index (χ3v) is 4.42. The van der Waals surface area contributed by atoms with Gasteiger partial charge in [-0.15, -0.1) is 0 Å². The van der Waals surface area contributed by atoms with Crippen LogP contribution in [0.1, 0.15) is 6.92 Å². The van der Waals surface area contributed by atoms with Crippen LogP contribution in [-0.2, 0) is 4.79 Å². The van der Waals surface area contributed by atoms with Crippen LogP contribution >= 0.6 is 11.8 Å². The highest BCUT2D eigenvalue weighted by Gasteiger charge is 2.16. The number of benzene rings is 1.